The van der Waals surface area contributed by atoms with Crippen LogP contribution in [0.4, 0.5) is 5.82 Å². The lowest BCUT2D eigenvalue weighted by Crippen LogP contribution is -2.04. The van der Waals surface area contributed by atoms with E-state index in [9.17, 15) is 0 Å². The summed E-state index contributed by atoms with van der Waals surface area (Å²) in [6.45, 7) is 6.18. The summed E-state index contributed by atoms with van der Waals surface area (Å²) in [4.78, 5) is 9.28. The smallest absolute Gasteiger partial charge is 0.161 e. The predicted octanol–water partition coefficient (Wildman–Crippen LogP) is 3.37. The van der Waals surface area contributed by atoms with Crippen molar-refractivity contribution in [1.29, 1.82) is 0 Å². The number of aryl methyl sites for hydroxylation is 2. The number of aromatic nitrogens is 2. The standard InChI is InChI=1S/C16H21N3O/c1-6-13-11(3)15(17-4)19-16(18-13)12-7-8-14(20-5)10(2)9-12/h7-9H,6H2,1-5H3,(H,17,18,19). The van der Waals surface area contributed by atoms with Gasteiger partial charge in [-0.15, -0.1) is 0 Å². The molecule has 0 atom stereocenters. The SMILES string of the molecule is CCc1nc(-c2ccc(OC)c(C)c2)nc(NC)c1C. The van der Waals surface area contributed by atoms with E-state index >= 15 is 0 Å². The summed E-state index contributed by atoms with van der Waals surface area (Å²) in [5, 5.41) is 3.14. The first-order valence-electron chi connectivity index (χ1n) is 6.81. The van der Waals surface area contributed by atoms with Crippen LogP contribution in [0.15, 0.2) is 18.2 Å². The van der Waals surface area contributed by atoms with E-state index in [4.69, 9.17) is 4.74 Å². The lowest BCUT2D eigenvalue weighted by Gasteiger charge is -2.12. The summed E-state index contributed by atoms with van der Waals surface area (Å²) in [7, 11) is 3.57. The number of benzene rings is 1. The number of hydrogen-bond acceptors (Lipinski definition) is 4. The molecule has 0 amide bonds. The zero-order valence-electron chi connectivity index (χ0n) is 12.7. The zero-order chi connectivity index (χ0) is 14.7. The van der Waals surface area contributed by atoms with Crippen molar-refractivity contribution < 1.29 is 4.74 Å². The number of nitrogens with one attached hydrogen (secondary N) is 1. The quantitative estimate of drug-likeness (QED) is 0.926. The van der Waals surface area contributed by atoms with Gasteiger partial charge >= 0.3 is 0 Å². The number of anilines is 1. The fourth-order valence-electron chi connectivity index (χ4n) is 2.30. The molecular weight excluding hydrogens is 250 g/mol. The Morgan fingerprint density at radius 2 is 1.95 bits per heavy atom. The summed E-state index contributed by atoms with van der Waals surface area (Å²) in [6, 6.07) is 6.01. The van der Waals surface area contributed by atoms with Crippen molar-refractivity contribution in [3.63, 3.8) is 0 Å². The van der Waals surface area contributed by atoms with E-state index in [-0.39, 0.29) is 0 Å². The lowest BCUT2D eigenvalue weighted by atomic mass is 10.1. The van der Waals surface area contributed by atoms with Crippen LogP contribution in [0.3, 0.4) is 0 Å². The number of ether oxygens (including phenoxy) is 1. The lowest BCUT2D eigenvalue weighted by molar-refractivity contribution is 0.412. The molecule has 0 saturated heterocycles. The van der Waals surface area contributed by atoms with Crippen LogP contribution in [-0.2, 0) is 6.42 Å². The Morgan fingerprint density at radius 3 is 2.50 bits per heavy atom. The molecule has 1 aromatic heterocycles. The Balaban J connectivity index is 2.54. The third-order valence-electron chi connectivity index (χ3n) is 3.47. The molecule has 0 saturated carbocycles. The first kappa shape index (κ1) is 14.3. The minimum Gasteiger partial charge on any atom is -0.496 e. The minimum absolute atomic E-state index is 0.752. The molecule has 1 N–H and O–H groups in total. The highest BCUT2D eigenvalue weighted by Crippen LogP contribution is 2.26. The first-order valence-corrected chi connectivity index (χ1v) is 6.81. The fourth-order valence-corrected chi connectivity index (χ4v) is 2.30. The topological polar surface area (TPSA) is 47.0 Å². The van der Waals surface area contributed by atoms with Gasteiger partial charge in [0.05, 0.1) is 7.11 Å². The highest BCUT2D eigenvalue weighted by Gasteiger charge is 2.11. The molecule has 4 heteroatoms. The molecule has 0 aliphatic heterocycles. The average Bonchev–Trinajstić information content (AvgIpc) is 2.47. The normalized spacial score (nSPS) is 10.4. The summed E-state index contributed by atoms with van der Waals surface area (Å²) < 4.78 is 5.29. The van der Waals surface area contributed by atoms with Crippen molar-refractivity contribution in [3.8, 4) is 17.1 Å². The van der Waals surface area contributed by atoms with Crippen molar-refractivity contribution in [1.82, 2.24) is 9.97 Å². The molecule has 2 rings (SSSR count). The number of methoxy groups -OCH3 is 1. The van der Waals surface area contributed by atoms with Gasteiger partial charge in [0.15, 0.2) is 5.82 Å². The van der Waals surface area contributed by atoms with Crippen LogP contribution in [0.5, 0.6) is 5.75 Å². The van der Waals surface area contributed by atoms with E-state index < -0.39 is 0 Å². The molecule has 1 heterocycles. The van der Waals surface area contributed by atoms with Gasteiger partial charge in [-0.05, 0) is 44.0 Å². The van der Waals surface area contributed by atoms with Gasteiger partial charge in [0.1, 0.15) is 11.6 Å². The molecule has 0 aliphatic rings. The highest BCUT2D eigenvalue weighted by atomic mass is 16.5. The van der Waals surface area contributed by atoms with Crippen LogP contribution < -0.4 is 10.1 Å². The maximum atomic E-state index is 5.29. The van der Waals surface area contributed by atoms with Crippen LogP contribution in [0.1, 0.15) is 23.7 Å². The van der Waals surface area contributed by atoms with E-state index in [0.29, 0.717) is 0 Å². The summed E-state index contributed by atoms with van der Waals surface area (Å²) in [6.07, 6.45) is 0.894. The van der Waals surface area contributed by atoms with Crippen LogP contribution in [0.2, 0.25) is 0 Å². The van der Waals surface area contributed by atoms with E-state index in [0.717, 1.165) is 46.2 Å². The third-order valence-corrected chi connectivity index (χ3v) is 3.47. The molecule has 106 valence electrons. The minimum atomic E-state index is 0.752. The number of rotatable bonds is 4. The second kappa shape index (κ2) is 5.90. The van der Waals surface area contributed by atoms with Gasteiger partial charge < -0.3 is 10.1 Å². The van der Waals surface area contributed by atoms with Gasteiger partial charge in [-0.1, -0.05) is 6.92 Å². The molecule has 0 aliphatic carbocycles. The summed E-state index contributed by atoms with van der Waals surface area (Å²) in [5.74, 6) is 2.52. The van der Waals surface area contributed by atoms with E-state index in [1.54, 1.807) is 7.11 Å². The van der Waals surface area contributed by atoms with Gasteiger partial charge in [0, 0.05) is 23.9 Å². The summed E-state index contributed by atoms with van der Waals surface area (Å²) in [5.41, 5.74) is 4.28. The average molecular weight is 271 g/mol. The second-order valence-electron chi connectivity index (χ2n) is 4.76. The first-order chi connectivity index (χ1) is 9.60. The molecule has 0 fully saturated rings. The van der Waals surface area contributed by atoms with E-state index in [1.165, 1.54) is 0 Å². The monoisotopic (exact) mass is 271 g/mol. The van der Waals surface area contributed by atoms with Crippen LogP contribution in [0.25, 0.3) is 11.4 Å². The Kier molecular flexibility index (Phi) is 4.23. The second-order valence-corrected chi connectivity index (χ2v) is 4.76. The molecule has 2 aromatic rings. The fraction of sp³-hybridized carbons (Fsp3) is 0.375. The molecule has 0 spiro atoms. The maximum Gasteiger partial charge on any atom is 0.161 e. The molecule has 20 heavy (non-hydrogen) atoms. The van der Waals surface area contributed by atoms with Crippen molar-refractivity contribution in [2.45, 2.75) is 27.2 Å². The molecule has 0 radical (unpaired) electrons. The third kappa shape index (κ3) is 2.59. The van der Waals surface area contributed by atoms with Gasteiger partial charge in [-0.3, -0.25) is 0 Å². The van der Waals surface area contributed by atoms with Gasteiger partial charge in [0.25, 0.3) is 0 Å². The largest absolute Gasteiger partial charge is 0.496 e. The maximum absolute atomic E-state index is 5.29. The molecule has 0 unspecified atom stereocenters. The highest BCUT2D eigenvalue weighted by molar-refractivity contribution is 5.62. The van der Waals surface area contributed by atoms with Crippen LogP contribution in [-0.4, -0.2) is 24.1 Å². The van der Waals surface area contributed by atoms with Crippen molar-refractivity contribution >= 4 is 5.82 Å². The van der Waals surface area contributed by atoms with E-state index in [1.807, 2.05) is 33.0 Å². The van der Waals surface area contributed by atoms with Crippen molar-refractivity contribution in [3.05, 3.63) is 35.0 Å². The van der Waals surface area contributed by atoms with Crippen LogP contribution >= 0.6 is 0 Å². The van der Waals surface area contributed by atoms with Gasteiger partial charge in [-0.2, -0.15) is 0 Å². The van der Waals surface area contributed by atoms with Crippen molar-refractivity contribution in [2.75, 3.05) is 19.5 Å². The Hall–Kier alpha value is -2.10. The molecule has 1 aromatic carbocycles. The number of nitrogens with zero attached hydrogens (tertiary/aromatic N) is 2. The number of hydrogen-bond donors (Lipinski definition) is 1. The molecule has 0 bridgehead atoms. The van der Waals surface area contributed by atoms with Gasteiger partial charge in [-0.25, -0.2) is 9.97 Å². The van der Waals surface area contributed by atoms with Crippen molar-refractivity contribution in [2.24, 2.45) is 0 Å². The zero-order valence-corrected chi connectivity index (χ0v) is 12.7. The Morgan fingerprint density at radius 1 is 1.20 bits per heavy atom. The van der Waals surface area contributed by atoms with E-state index in [2.05, 4.69) is 28.3 Å². The van der Waals surface area contributed by atoms with Crippen LogP contribution in [0, 0.1) is 13.8 Å². The predicted molar refractivity (Wildman–Crippen MR) is 82.4 cm³/mol. The summed E-state index contributed by atoms with van der Waals surface area (Å²) >= 11 is 0. The molecule has 4 nitrogen and oxygen atoms in total. The Labute approximate surface area is 120 Å². The Bertz CT molecular complexity index is 598. The molecular formula is C16H21N3O. The van der Waals surface area contributed by atoms with Gasteiger partial charge in [0.2, 0.25) is 0 Å².